The molecule has 6 heteroatoms. The molecule has 136 valence electrons. The predicted molar refractivity (Wildman–Crippen MR) is 89.3 cm³/mol. The number of carboxylic acid groups (broad SMARTS) is 1. The normalized spacial score (nSPS) is 26.0. The summed E-state index contributed by atoms with van der Waals surface area (Å²) in [5, 5.41) is 28.7. The second kappa shape index (κ2) is 11.0. The van der Waals surface area contributed by atoms with Gasteiger partial charge in [-0.2, -0.15) is 0 Å². The van der Waals surface area contributed by atoms with E-state index in [4.69, 9.17) is 9.84 Å². The Morgan fingerprint density at radius 3 is 2.79 bits per heavy atom. The van der Waals surface area contributed by atoms with E-state index in [1.165, 1.54) is 6.08 Å². The van der Waals surface area contributed by atoms with E-state index in [0.29, 0.717) is 12.8 Å². The highest BCUT2D eigenvalue weighted by Crippen LogP contribution is 2.27. The average Bonchev–Trinajstić information content (AvgIpc) is 2.51. The zero-order valence-corrected chi connectivity index (χ0v) is 14.1. The van der Waals surface area contributed by atoms with Crippen LogP contribution in [0.4, 0.5) is 0 Å². The number of carbonyl (C=O) groups excluding carboxylic acids is 1. The molecule has 1 aliphatic rings. The van der Waals surface area contributed by atoms with Crippen molar-refractivity contribution in [3.63, 3.8) is 0 Å². The minimum Gasteiger partial charge on any atom is -0.481 e. The standard InChI is InChI=1S/C18H28O6/c1-2-3-4-7-13(19)10-11-16-14(8-5-6-9-17(21)22)15(20)12-18(23)24-16/h5-6,10-11,13-16,19-20H,2-4,7-9,12H2,1H3,(H,21,22)/b6-5-,11-10-/t13-,14-,15-,16+/m0/s1. The Morgan fingerprint density at radius 1 is 1.38 bits per heavy atom. The van der Waals surface area contributed by atoms with Crippen LogP contribution in [0.3, 0.4) is 0 Å². The molecular weight excluding hydrogens is 312 g/mol. The molecule has 1 saturated heterocycles. The third kappa shape index (κ3) is 7.75. The van der Waals surface area contributed by atoms with Crippen molar-refractivity contribution in [2.45, 2.75) is 70.2 Å². The lowest BCUT2D eigenvalue weighted by atomic mass is 9.87. The summed E-state index contributed by atoms with van der Waals surface area (Å²) in [6.45, 7) is 2.09. The Balaban J connectivity index is 2.62. The van der Waals surface area contributed by atoms with Crippen LogP contribution in [-0.2, 0) is 14.3 Å². The third-order valence-corrected chi connectivity index (χ3v) is 4.05. The number of esters is 1. The Kier molecular flexibility index (Phi) is 9.34. The van der Waals surface area contributed by atoms with Crippen LogP contribution in [0.15, 0.2) is 24.3 Å². The van der Waals surface area contributed by atoms with Crippen molar-refractivity contribution in [1.82, 2.24) is 0 Å². The van der Waals surface area contributed by atoms with Crippen LogP contribution in [0.2, 0.25) is 0 Å². The topological polar surface area (TPSA) is 104 Å². The lowest BCUT2D eigenvalue weighted by Gasteiger charge is -2.32. The highest BCUT2D eigenvalue weighted by molar-refractivity contribution is 5.71. The van der Waals surface area contributed by atoms with Crippen molar-refractivity contribution in [2.75, 3.05) is 0 Å². The number of aliphatic hydroxyl groups excluding tert-OH is 2. The maximum absolute atomic E-state index is 11.5. The maximum atomic E-state index is 11.5. The molecule has 0 amide bonds. The molecule has 0 bridgehead atoms. The van der Waals surface area contributed by atoms with Crippen LogP contribution < -0.4 is 0 Å². The molecule has 1 rings (SSSR count). The summed E-state index contributed by atoms with van der Waals surface area (Å²) in [7, 11) is 0. The van der Waals surface area contributed by atoms with Gasteiger partial charge >= 0.3 is 11.9 Å². The molecule has 6 nitrogen and oxygen atoms in total. The van der Waals surface area contributed by atoms with Gasteiger partial charge in [-0.3, -0.25) is 9.59 Å². The summed E-state index contributed by atoms with van der Waals surface area (Å²) in [5.41, 5.74) is 0. The molecule has 0 aliphatic carbocycles. The molecule has 0 unspecified atom stereocenters. The number of allylic oxidation sites excluding steroid dienone is 1. The second-order valence-corrected chi connectivity index (χ2v) is 6.14. The molecule has 0 spiro atoms. The largest absolute Gasteiger partial charge is 0.481 e. The number of carboxylic acids is 1. The van der Waals surface area contributed by atoms with Gasteiger partial charge in [0.25, 0.3) is 0 Å². The minimum atomic E-state index is -0.923. The third-order valence-electron chi connectivity index (χ3n) is 4.05. The SMILES string of the molecule is CCCCC[C@H](O)/C=C\[C@H]1OC(=O)C[C@H](O)[C@@H]1C/C=C\CC(=O)O. The van der Waals surface area contributed by atoms with E-state index in [2.05, 4.69) is 6.92 Å². The van der Waals surface area contributed by atoms with Gasteiger partial charge in [-0.15, -0.1) is 0 Å². The van der Waals surface area contributed by atoms with Crippen LogP contribution in [-0.4, -0.2) is 45.6 Å². The predicted octanol–water partition coefficient (Wildman–Crippen LogP) is 2.20. The van der Waals surface area contributed by atoms with Crippen molar-refractivity contribution in [1.29, 1.82) is 0 Å². The summed E-state index contributed by atoms with van der Waals surface area (Å²) in [6, 6.07) is 0. The van der Waals surface area contributed by atoms with Gasteiger partial charge in [0.05, 0.1) is 25.0 Å². The number of ether oxygens (including phenoxy) is 1. The van der Waals surface area contributed by atoms with E-state index < -0.39 is 30.3 Å². The first-order chi connectivity index (χ1) is 11.4. The monoisotopic (exact) mass is 340 g/mol. The van der Waals surface area contributed by atoms with E-state index in [-0.39, 0.29) is 18.8 Å². The Bertz CT molecular complexity index is 456. The van der Waals surface area contributed by atoms with Crippen molar-refractivity contribution in [2.24, 2.45) is 5.92 Å². The molecule has 1 heterocycles. The molecule has 0 aromatic carbocycles. The maximum Gasteiger partial charge on any atom is 0.309 e. The minimum absolute atomic E-state index is 0.0686. The van der Waals surface area contributed by atoms with Crippen LogP contribution >= 0.6 is 0 Å². The highest BCUT2D eigenvalue weighted by atomic mass is 16.5. The smallest absolute Gasteiger partial charge is 0.309 e. The number of cyclic esters (lactones) is 1. The summed E-state index contributed by atoms with van der Waals surface area (Å²) < 4.78 is 5.28. The van der Waals surface area contributed by atoms with E-state index in [1.807, 2.05) is 0 Å². The van der Waals surface area contributed by atoms with Crippen LogP contribution in [0.1, 0.15) is 51.9 Å². The van der Waals surface area contributed by atoms with Crippen molar-refractivity contribution in [3.8, 4) is 0 Å². The molecule has 3 N–H and O–H groups in total. The molecule has 0 radical (unpaired) electrons. The molecule has 0 saturated carbocycles. The molecule has 24 heavy (non-hydrogen) atoms. The van der Waals surface area contributed by atoms with Crippen molar-refractivity contribution < 1.29 is 29.6 Å². The number of hydrogen-bond donors (Lipinski definition) is 3. The van der Waals surface area contributed by atoms with Gasteiger partial charge in [0.15, 0.2) is 0 Å². The molecule has 0 aromatic heterocycles. The van der Waals surface area contributed by atoms with Crippen molar-refractivity contribution >= 4 is 11.9 Å². The van der Waals surface area contributed by atoms with Gasteiger partial charge in [0.1, 0.15) is 6.10 Å². The van der Waals surface area contributed by atoms with E-state index in [0.717, 1.165) is 19.3 Å². The number of aliphatic hydroxyl groups is 2. The first-order valence-electron chi connectivity index (χ1n) is 8.54. The Hall–Kier alpha value is -1.66. The highest BCUT2D eigenvalue weighted by Gasteiger charge is 2.35. The number of aliphatic carboxylic acids is 1. The lowest BCUT2D eigenvalue weighted by Crippen LogP contribution is -2.41. The average molecular weight is 340 g/mol. The van der Waals surface area contributed by atoms with Gasteiger partial charge in [0, 0.05) is 5.92 Å². The van der Waals surface area contributed by atoms with Crippen LogP contribution in [0.5, 0.6) is 0 Å². The first-order valence-corrected chi connectivity index (χ1v) is 8.54. The number of rotatable bonds is 10. The summed E-state index contributed by atoms with van der Waals surface area (Å²) in [4.78, 5) is 22.0. The molecular formula is C18H28O6. The number of unbranched alkanes of at least 4 members (excludes halogenated alkanes) is 2. The molecule has 4 atom stereocenters. The van der Waals surface area contributed by atoms with Crippen LogP contribution in [0, 0.1) is 5.92 Å². The Labute approximate surface area is 142 Å². The lowest BCUT2D eigenvalue weighted by molar-refractivity contribution is -0.163. The summed E-state index contributed by atoms with van der Waals surface area (Å²) >= 11 is 0. The molecule has 1 aliphatic heterocycles. The molecule has 1 fully saturated rings. The fourth-order valence-electron chi connectivity index (χ4n) is 2.68. The Morgan fingerprint density at radius 2 is 2.12 bits per heavy atom. The summed E-state index contributed by atoms with van der Waals surface area (Å²) in [5.74, 6) is -1.73. The fourth-order valence-corrected chi connectivity index (χ4v) is 2.68. The summed E-state index contributed by atoms with van der Waals surface area (Å²) in [6.07, 6.45) is 8.35. The van der Waals surface area contributed by atoms with Gasteiger partial charge in [-0.25, -0.2) is 0 Å². The van der Waals surface area contributed by atoms with Gasteiger partial charge < -0.3 is 20.1 Å². The van der Waals surface area contributed by atoms with Gasteiger partial charge in [-0.1, -0.05) is 44.4 Å². The fraction of sp³-hybridized carbons (Fsp3) is 0.667. The van der Waals surface area contributed by atoms with Gasteiger partial charge in [-0.05, 0) is 18.9 Å². The van der Waals surface area contributed by atoms with Crippen LogP contribution in [0.25, 0.3) is 0 Å². The van der Waals surface area contributed by atoms with Crippen molar-refractivity contribution in [3.05, 3.63) is 24.3 Å². The zero-order valence-electron chi connectivity index (χ0n) is 14.1. The van der Waals surface area contributed by atoms with E-state index in [1.54, 1.807) is 18.2 Å². The number of hydrogen-bond acceptors (Lipinski definition) is 5. The number of carbonyl (C=O) groups is 2. The second-order valence-electron chi connectivity index (χ2n) is 6.14. The molecule has 0 aromatic rings. The van der Waals surface area contributed by atoms with Gasteiger partial charge in [0.2, 0.25) is 0 Å². The quantitative estimate of drug-likeness (QED) is 0.320. The first kappa shape index (κ1) is 20.4. The zero-order chi connectivity index (χ0) is 17.9. The van der Waals surface area contributed by atoms with E-state index >= 15 is 0 Å². The van der Waals surface area contributed by atoms with E-state index in [9.17, 15) is 19.8 Å².